The summed E-state index contributed by atoms with van der Waals surface area (Å²) >= 11 is 0. The number of aryl methyl sites for hydroxylation is 1. The average molecular weight is 401 g/mol. The van der Waals surface area contributed by atoms with Crippen LogP contribution in [0.15, 0.2) is 42.9 Å². The first-order valence-electron chi connectivity index (χ1n) is 10.00. The lowest BCUT2D eigenvalue weighted by Gasteiger charge is -2.31. The van der Waals surface area contributed by atoms with Gasteiger partial charge in [-0.3, -0.25) is 4.98 Å². The number of anilines is 2. The lowest BCUT2D eigenvalue weighted by Crippen LogP contribution is -2.43. The van der Waals surface area contributed by atoms with Gasteiger partial charge in [0.15, 0.2) is 5.82 Å². The predicted molar refractivity (Wildman–Crippen MR) is 116 cm³/mol. The normalized spacial score (nSPS) is 16.9. The van der Waals surface area contributed by atoms with E-state index < -0.39 is 0 Å². The van der Waals surface area contributed by atoms with Gasteiger partial charge >= 0.3 is 0 Å². The molecule has 1 aliphatic heterocycles. The monoisotopic (exact) mass is 401 g/mol. The van der Waals surface area contributed by atoms with Crippen LogP contribution < -0.4 is 16.4 Å². The molecule has 1 unspecified atom stereocenters. The summed E-state index contributed by atoms with van der Waals surface area (Å²) in [5, 5.41) is 5.47. The number of nitrogens with zero attached hydrogens (tertiary/aromatic N) is 7. The molecule has 0 aliphatic carbocycles. The van der Waals surface area contributed by atoms with Crippen LogP contribution in [0.4, 0.5) is 11.6 Å². The Morgan fingerprint density at radius 2 is 1.90 bits per heavy atom. The molecule has 1 atom stereocenters. The fraction of sp³-hybridized carbons (Fsp3) is 0.286. The van der Waals surface area contributed by atoms with Crippen LogP contribution >= 0.6 is 0 Å². The fourth-order valence-corrected chi connectivity index (χ4v) is 3.78. The molecule has 0 aromatic carbocycles. The molecule has 9 heteroatoms. The number of hydrogen-bond acceptors (Lipinski definition) is 8. The second-order valence-electron chi connectivity index (χ2n) is 7.61. The van der Waals surface area contributed by atoms with Gasteiger partial charge in [-0.15, -0.1) is 0 Å². The molecule has 30 heavy (non-hydrogen) atoms. The molecule has 0 radical (unpaired) electrons. The molecule has 5 heterocycles. The minimum atomic E-state index is 0.188. The summed E-state index contributed by atoms with van der Waals surface area (Å²) in [6.45, 7) is 3.61. The van der Waals surface area contributed by atoms with Crippen molar-refractivity contribution in [1.82, 2.24) is 29.7 Å². The van der Waals surface area contributed by atoms with Crippen molar-refractivity contribution in [3.63, 3.8) is 0 Å². The first kappa shape index (κ1) is 18.4. The molecule has 0 amide bonds. The molecule has 4 N–H and O–H groups in total. The van der Waals surface area contributed by atoms with Crippen molar-refractivity contribution in [3.05, 3.63) is 48.5 Å². The lowest BCUT2D eigenvalue weighted by atomic mass is 10.1. The van der Waals surface area contributed by atoms with Gasteiger partial charge in [-0.25, -0.2) is 19.6 Å². The smallest absolute Gasteiger partial charge is 0.156 e. The van der Waals surface area contributed by atoms with Crippen molar-refractivity contribution in [1.29, 1.82) is 0 Å². The summed E-state index contributed by atoms with van der Waals surface area (Å²) in [6, 6.07) is 8.11. The molecule has 152 valence electrons. The van der Waals surface area contributed by atoms with Crippen LogP contribution in [-0.2, 0) is 0 Å². The third kappa shape index (κ3) is 3.33. The van der Waals surface area contributed by atoms with Gasteiger partial charge in [0.2, 0.25) is 0 Å². The van der Waals surface area contributed by atoms with Crippen LogP contribution in [0.1, 0.15) is 18.5 Å². The Hall–Kier alpha value is -3.59. The third-order valence-corrected chi connectivity index (χ3v) is 5.42. The zero-order valence-electron chi connectivity index (χ0n) is 16.7. The first-order valence-corrected chi connectivity index (χ1v) is 10.00. The maximum absolute atomic E-state index is 6.15. The maximum atomic E-state index is 6.15. The number of rotatable bonds is 3. The van der Waals surface area contributed by atoms with Crippen LogP contribution in [0.25, 0.3) is 28.1 Å². The third-order valence-electron chi connectivity index (χ3n) is 5.42. The van der Waals surface area contributed by atoms with Gasteiger partial charge < -0.3 is 16.4 Å². The highest BCUT2D eigenvalue weighted by Crippen LogP contribution is 2.24. The molecule has 4 aromatic heterocycles. The standard InChI is InChI=1S/C21H23N9/c1-13-21(23)25-11-17(27-13)16-8-18-14(9-24-16)10-26-30(18)20-6-2-5-19(28-20)29-7-3-4-15(22)12-29/h2,5-6,8-11,15H,3-4,7,12,22H2,1H3,(H2,23,25). The Labute approximate surface area is 173 Å². The summed E-state index contributed by atoms with van der Waals surface area (Å²) < 4.78 is 1.82. The second kappa shape index (κ2) is 7.34. The number of pyridine rings is 2. The van der Waals surface area contributed by atoms with Gasteiger partial charge in [0, 0.05) is 30.7 Å². The molecule has 1 saturated heterocycles. The van der Waals surface area contributed by atoms with E-state index in [0.717, 1.165) is 48.5 Å². The maximum Gasteiger partial charge on any atom is 0.156 e. The zero-order chi connectivity index (χ0) is 20.7. The minimum absolute atomic E-state index is 0.188. The number of fused-ring (bicyclic) bond motifs is 1. The van der Waals surface area contributed by atoms with E-state index in [2.05, 4.69) is 25.0 Å². The highest BCUT2D eigenvalue weighted by Gasteiger charge is 2.19. The van der Waals surface area contributed by atoms with Gasteiger partial charge in [0.1, 0.15) is 17.3 Å². The molecule has 0 spiro atoms. The SMILES string of the molecule is Cc1nc(-c2cc3c(cn2)cnn3-c2cccc(N3CCCC(N)C3)n2)cnc1N. The molecular weight excluding hydrogens is 378 g/mol. The highest BCUT2D eigenvalue weighted by atomic mass is 15.3. The predicted octanol–water partition coefficient (Wildman–Crippen LogP) is 2.09. The fourth-order valence-electron chi connectivity index (χ4n) is 3.78. The van der Waals surface area contributed by atoms with Crippen molar-refractivity contribution >= 4 is 22.5 Å². The van der Waals surface area contributed by atoms with E-state index in [9.17, 15) is 0 Å². The number of piperidine rings is 1. The van der Waals surface area contributed by atoms with Gasteiger partial charge in [-0.2, -0.15) is 5.10 Å². The van der Waals surface area contributed by atoms with Crippen LogP contribution in [0, 0.1) is 6.92 Å². The van der Waals surface area contributed by atoms with Crippen molar-refractivity contribution in [2.45, 2.75) is 25.8 Å². The molecule has 4 aromatic rings. The van der Waals surface area contributed by atoms with Gasteiger partial charge in [-0.05, 0) is 38.0 Å². The lowest BCUT2D eigenvalue weighted by molar-refractivity contribution is 0.503. The first-order chi connectivity index (χ1) is 14.6. The topological polar surface area (TPSA) is 125 Å². The van der Waals surface area contributed by atoms with Crippen LogP contribution in [0.5, 0.6) is 0 Å². The van der Waals surface area contributed by atoms with Gasteiger partial charge in [-0.1, -0.05) is 6.07 Å². The van der Waals surface area contributed by atoms with Gasteiger partial charge in [0.25, 0.3) is 0 Å². The molecule has 5 rings (SSSR count). The molecule has 0 saturated carbocycles. The van der Waals surface area contributed by atoms with Crippen molar-refractivity contribution in [3.8, 4) is 17.2 Å². The summed E-state index contributed by atoms with van der Waals surface area (Å²) in [5.74, 6) is 2.09. The second-order valence-corrected chi connectivity index (χ2v) is 7.61. The molecule has 9 nitrogen and oxygen atoms in total. The van der Waals surface area contributed by atoms with Crippen molar-refractivity contribution in [2.75, 3.05) is 23.7 Å². The van der Waals surface area contributed by atoms with Crippen LogP contribution in [-0.4, -0.2) is 48.8 Å². The Morgan fingerprint density at radius 1 is 1.03 bits per heavy atom. The van der Waals surface area contributed by atoms with Crippen LogP contribution in [0.2, 0.25) is 0 Å². The Balaban J connectivity index is 1.55. The van der Waals surface area contributed by atoms with E-state index in [0.29, 0.717) is 22.9 Å². The van der Waals surface area contributed by atoms with E-state index in [1.54, 1.807) is 18.6 Å². The molecule has 1 aliphatic rings. The van der Waals surface area contributed by atoms with E-state index in [4.69, 9.17) is 16.5 Å². The average Bonchev–Trinajstić information content (AvgIpc) is 3.19. The molecule has 0 bridgehead atoms. The van der Waals surface area contributed by atoms with E-state index in [1.807, 2.05) is 35.9 Å². The van der Waals surface area contributed by atoms with E-state index in [-0.39, 0.29) is 6.04 Å². The Morgan fingerprint density at radius 3 is 2.73 bits per heavy atom. The van der Waals surface area contributed by atoms with E-state index in [1.165, 1.54) is 0 Å². The quantitative estimate of drug-likeness (QED) is 0.535. The molecular formula is C21H23N9. The number of hydrogen-bond donors (Lipinski definition) is 2. The number of aromatic nitrogens is 6. The number of nitrogens with two attached hydrogens (primary N) is 2. The van der Waals surface area contributed by atoms with E-state index >= 15 is 0 Å². The van der Waals surface area contributed by atoms with Gasteiger partial charge in [0.05, 0.1) is 29.3 Å². The zero-order valence-corrected chi connectivity index (χ0v) is 16.7. The summed E-state index contributed by atoms with van der Waals surface area (Å²) in [7, 11) is 0. The van der Waals surface area contributed by atoms with Crippen LogP contribution in [0.3, 0.4) is 0 Å². The van der Waals surface area contributed by atoms with Crippen molar-refractivity contribution in [2.24, 2.45) is 5.73 Å². The Bertz CT molecular complexity index is 1220. The van der Waals surface area contributed by atoms with Crippen molar-refractivity contribution < 1.29 is 0 Å². The number of nitrogen functional groups attached to an aromatic ring is 1. The highest BCUT2D eigenvalue weighted by molar-refractivity contribution is 5.82. The minimum Gasteiger partial charge on any atom is -0.382 e. The molecule has 1 fully saturated rings. The summed E-state index contributed by atoms with van der Waals surface area (Å²) in [6.07, 6.45) is 7.35. The summed E-state index contributed by atoms with van der Waals surface area (Å²) in [5.41, 5.74) is 14.9. The Kier molecular flexibility index (Phi) is 4.51. The summed E-state index contributed by atoms with van der Waals surface area (Å²) in [4.78, 5) is 20.3. The largest absolute Gasteiger partial charge is 0.382 e.